The highest BCUT2D eigenvalue weighted by molar-refractivity contribution is 6.06. The van der Waals surface area contributed by atoms with Crippen molar-refractivity contribution < 1.29 is 28.8 Å². The van der Waals surface area contributed by atoms with E-state index in [9.17, 15) is 19.5 Å². The Kier molecular flexibility index (Phi) is 9.76. The van der Waals surface area contributed by atoms with E-state index in [0.29, 0.717) is 46.4 Å². The number of benzene rings is 3. The van der Waals surface area contributed by atoms with Gasteiger partial charge >= 0.3 is 12.1 Å². The van der Waals surface area contributed by atoms with Gasteiger partial charge in [0.2, 0.25) is 5.91 Å². The van der Waals surface area contributed by atoms with Crippen molar-refractivity contribution in [1.29, 1.82) is 0 Å². The molecule has 12 nitrogen and oxygen atoms in total. The minimum absolute atomic E-state index is 0.00193. The summed E-state index contributed by atoms with van der Waals surface area (Å²) in [6.07, 6.45) is -0.506. The lowest BCUT2D eigenvalue weighted by Gasteiger charge is -2.34. The monoisotopic (exact) mass is 628 g/mol. The van der Waals surface area contributed by atoms with Crippen LogP contribution in [0, 0.1) is 19.8 Å². The summed E-state index contributed by atoms with van der Waals surface area (Å²) in [4.78, 5) is 42.9. The highest BCUT2D eigenvalue weighted by Gasteiger charge is 2.32. The first-order chi connectivity index (χ1) is 22.0. The Bertz CT molecular complexity index is 1710. The molecule has 5 amide bonds. The second kappa shape index (κ2) is 13.9. The minimum Gasteiger partial charge on any atom is -0.488 e. The number of aryl methyl sites for hydroxylation is 2. The fourth-order valence-corrected chi connectivity index (χ4v) is 5.56. The first kappa shape index (κ1) is 32.3. The van der Waals surface area contributed by atoms with Gasteiger partial charge in [-0.15, -0.1) is 0 Å². The largest absolute Gasteiger partial charge is 0.488 e. The average Bonchev–Trinajstić information content (AvgIpc) is 3.37. The fourth-order valence-electron chi connectivity index (χ4n) is 5.56. The van der Waals surface area contributed by atoms with E-state index < -0.39 is 18.2 Å². The van der Waals surface area contributed by atoms with E-state index >= 15 is 0 Å². The number of amides is 5. The normalized spacial score (nSPS) is 17.2. The summed E-state index contributed by atoms with van der Waals surface area (Å²) in [6, 6.07) is 17.4. The van der Waals surface area contributed by atoms with Gasteiger partial charge in [0.25, 0.3) is 0 Å². The van der Waals surface area contributed by atoms with E-state index in [0.717, 1.165) is 10.8 Å². The number of hydrogen-bond donors (Lipinski definition) is 4. The van der Waals surface area contributed by atoms with Crippen molar-refractivity contribution in [2.24, 2.45) is 5.92 Å². The number of aliphatic hydroxyl groups excluding tert-OH is 1. The molecule has 5 rings (SSSR count). The molecule has 1 aromatic heterocycles. The van der Waals surface area contributed by atoms with Crippen molar-refractivity contribution in [3.8, 4) is 5.75 Å². The van der Waals surface area contributed by atoms with Crippen LogP contribution in [0.4, 0.5) is 26.7 Å². The first-order valence-corrected chi connectivity index (χ1v) is 15.2. The summed E-state index contributed by atoms with van der Waals surface area (Å²) < 4.78 is 11.7. The lowest BCUT2D eigenvalue weighted by Crippen LogP contribution is -2.48. The molecule has 0 radical (unpaired) electrons. The van der Waals surface area contributed by atoms with Gasteiger partial charge < -0.3 is 40.1 Å². The predicted octanol–water partition coefficient (Wildman–Crippen LogP) is 5.40. The summed E-state index contributed by atoms with van der Waals surface area (Å²) in [7, 11) is 1.66. The van der Waals surface area contributed by atoms with Crippen LogP contribution in [0.1, 0.15) is 30.9 Å². The Hall–Kier alpha value is -5.10. The van der Waals surface area contributed by atoms with E-state index in [1.807, 2.05) is 49.4 Å². The summed E-state index contributed by atoms with van der Waals surface area (Å²) >= 11 is 0. The second-order valence-corrected chi connectivity index (χ2v) is 11.8. The molecule has 1 aliphatic heterocycles. The number of nitrogens with zero attached hydrogens (tertiary/aromatic N) is 3. The molecule has 3 aromatic carbocycles. The molecule has 242 valence electrons. The predicted molar refractivity (Wildman–Crippen MR) is 176 cm³/mol. The number of anilines is 3. The zero-order valence-electron chi connectivity index (χ0n) is 26.7. The first-order valence-electron chi connectivity index (χ1n) is 15.2. The molecule has 3 atom stereocenters. The van der Waals surface area contributed by atoms with E-state index in [-0.39, 0.29) is 37.4 Å². The lowest BCUT2D eigenvalue weighted by atomic mass is 10.0. The Morgan fingerprint density at radius 1 is 1.09 bits per heavy atom. The molecule has 1 aliphatic rings. The zero-order chi connectivity index (χ0) is 33.0. The van der Waals surface area contributed by atoms with Gasteiger partial charge in [-0.05, 0) is 50.4 Å². The molecule has 0 saturated heterocycles. The Morgan fingerprint density at radius 2 is 1.85 bits per heavy atom. The van der Waals surface area contributed by atoms with Crippen LogP contribution < -0.4 is 20.7 Å². The van der Waals surface area contributed by atoms with Gasteiger partial charge in [-0.2, -0.15) is 0 Å². The number of urea groups is 2. The third-order valence-electron chi connectivity index (χ3n) is 8.28. The molecule has 4 aromatic rings. The molecule has 0 saturated carbocycles. The summed E-state index contributed by atoms with van der Waals surface area (Å²) in [5, 5.41) is 24.4. The number of aliphatic hydroxyl groups is 1. The molecule has 46 heavy (non-hydrogen) atoms. The Morgan fingerprint density at radius 3 is 2.59 bits per heavy atom. The number of carbonyl (C=O) groups excluding carboxylic acids is 3. The number of rotatable bonds is 7. The van der Waals surface area contributed by atoms with E-state index in [1.54, 1.807) is 50.9 Å². The standard InChI is InChI=1S/C34H40N6O6/c1-20-17-40(21(2)19-41)31(42)16-25-15-26(35-33(43)36-28-12-8-10-24-9-6-7-11-27(24)28)13-14-29(25)45-30(20)18-39(5)34(44)37-32-22(3)38-46-23(32)4/h6-15,20-21,30,41H,16-19H2,1-5H3,(H,37,44)(H2,35,36,43)/t20-,21+,30-/m0/s1. The van der Waals surface area contributed by atoms with Gasteiger partial charge in [-0.3, -0.25) is 4.79 Å². The number of nitrogens with one attached hydrogen (secondary N) is 3. The fraction of sp³-hybridized carbons (Fsp3) is 0.353. The number of fused-ring (bicyclic) bond motifs is 2. The number of hydrogen-bond acceptors (Lipinski definition) is 7. The molecule has 4 N–H and O–H groups in total. The smallest absolute Gasteiger partial charge is 0.323 e. The summed E-state index contributed by atoms with van der Waals surface area (Å²) in [5.41, 5.74) is 2.82. The van der Waals surface area contributed by atoms with E-state index in [2.05, 4.69) is 21.1 Å². The van der Waals surface area contributed by atoms with Crippen LogP contribution in [0.2, 0.25) is 0 Å². The average molecular weight is 629 g/mol. The van der Waals surface area contributed by atoms with Gasteiger partial charge in [-0.1, -0.05) is 48.5 Å². The molecular weight excluding hydrogens is 588 g/mol. The van der Waals surface area contributed by atoms with E-state index in [1.165, 1.54) is 4.90 Å². The third kappa shape index (κ3) is 7.23. The SMILES string of the molecule is Cc1noc(C)c1NC(=O)N(C)C[C@@H]1Oc2ccc(NC(=O)Nc3cccc4ccccc34)cc2CC(=O)N([C@H](C)CO)C[C@@H]1C. The van der Waals surface area contributed by atoms with Crippen LogP contribution in [0.5, 0.6) is 5.75 Å². The topological polar surface area (TPSA) is 149 Å². The molecule has 0 bridgehead atoms. The molecule has 0 aliphatic carbocycles. The van der Waals surface area contributed by atoms with Crippen molar-refractivity contribution >= 4 is 45.8 Å². The number of ether oxygens (including phenoxy) is 1. The van der Waals surface area contributed by atoms with E-state index in [4.69, 9.17) is 9.26 Å². The Balaban J connectivity index is 1.37. The maximum absolute atomic E-state index is 13.6. The van der Waals surface area contributed by atoms with Crippen molar-refractivity contribution in [3.63, 3.8) is 0 Å². The van der Waals surface area contributed by atoms with Gasteiger partial charge in [0.05, 0.1) is 31.3 Å². The van der Waals surface area contributed by atoms with Crippen LogP contribution in [0.25, 0.3) is 10.8 Å². The highest BCUT2D eigenvalue weighted by Crippen LogP contribution is 2.30. The number of carbonyl (C=O) groups is 3. The van der Waals surface area contributed by atoms with Crippen molar-refractivity contribution in [2.45, 2.75) is 46.3 Å². The van der Waals surface area contributed by atoms with Crippen molar-refractivity contribution in [1.82, 2.24) is 15.0 Å². The van der Waals surface area contributed by atoms with Gasteiger partial charge in [0.1, 0.15) is 23.2 Å². The van der Waals surface area contributed by atoms with Crippen LogP contribution in [-0.2, 0) is 11.2 Å². The Labute approximate surface area is 267 Å². The van der Waals surface area contributed by atoms with Crippen LogP contribution in [-0.4, -0.2) is 76.9 Å². The molecule has 0 spiro atoms. The van der Waals surface area contributed by atoms with Crippen LogP contribution in [0.3, 0.4) is 0 Å². The summed E-state index contributed by atoms with van der Waals surface area (Å²) in [5.74, 6) is 0.592. The maximum atomic E-state index is 13.6. The maximum Gasteiger partial charge on any atom is 0.323 e. The molecule has 2 heterocycles. The van der Waals surface area contributed by atoms with Crippen LogP contribution in [0.15, 0.2) is 65.2 Å². The third-order valence-corrected chi connectivity index (χ3v) is 8.28. The molecular formula is C34H40N6O6. The zero-order valence-corrected chi connectivity index (χ0v) is 26.7. The number of likely N-dealkylation sites (N-methyl/N-ethyl adjacent to an activating group) is 1. The van der Waals surface area contributed by atoms with Crippen LogP contribution >= 0.6 is 0 Å². The van der Waals surface area contributed by atoms with Gasteiger partial charge in [0, 0.05) is 36.1 Å². The molecule has 0 fully saturated rings. The molecule has 12 heteroatoms. The van der Waals surface area contributed by atoms with Crippen molar-refractivity contribution in [2.75, 3.05) is 42.7 Å². The highest BCUT2D eigenvalue weighted by atomic mass is 16.5. The quantitative estimate of drug-likeness (QED) is 0.214. The molecule has 0 unspecified atom stereocenters. The second-order valence-electron chi connectivity index (χ2n) is 11.8. The number of aromatic nitrogens is 1. The van der Waals surface area contributed by atoms with Crippen molar-refractivity contribution in [3.05, 3.63) is 77.7 Å². The summed E-state index contributed by atoms with van der Waals surface area (Å²) in [6.45, 7) is 7.53. The minimum atomic E-state index is -0.507. The van der Waals surface area contributed by atoms with Gasteiger partial charge in [-0.25, -0.2) is 9.59 Å². The lowest BCUT2D eigenvalue weighted by molar-refractivity contribution is -0.134. The van der Waals surface area contributed by atoms with Gasteiger partial charge in [0.15, 0.2) is 5.76 Å².